The number of benzene rings is 1. The molecule has 1 aromatic carbocycles. The Hall–Kier alpha value is -1.60. The highest BCUT2D eigenvalue weighted by atomic mass is 19.3. The number of rotatable bonds is 4. The average molecular weight is 316 g/mol. The number of hydrogen-bond acceptors (Lipinski definition) is 4. The maximum absolute atomic E-state index is 13.1. The van der Waals surface area contributed by atoms with Crippen LogP contribution in [0.4, 0.5) is 13.2 Å². The predicted octanol–water partition coefficient (Wildman–Crippen LogP) is 2.31. The van der Waals surface area contributed by atoms with E-state index in [1.165, 1.54) is 24.3 Å². The molecule has 0 radical (unpaired) electrons. The minimum Gasteiger partial charge on any atom is -0.402 e. The van der Waals surface area contributed by atoms with Crippen molar-refractivity contribution < 1.29 is 22.7 Å². The first-order valence-electron chi connectivity index (χ1n) is 7.11. The lowest BCUT2D eigenvalue weighted by atomic mass is 10.0. The van der Waals surface area contributed by atoms with E-state index in [0.717, 1.165) is 0 Å². The van der Waals surface area contributed by atoms with Gasteiger partial charge in [0.15, 0.2) is 0 Å². The SMILES string of the molecule is C[C@@H]1CN[C@@H](C)CN1C(C(=O)OC(F)F)c1ccc(F)cc1. The lowest BCUT2D eigenvalue weighted by Gasteiger charge is -2.41. The second kappa shape index (κ2) is 7.11. The molecular formula is C15H19F3N2O2. The molecule has 3 atom stereocenters. The van der Waals surface area contributed by atoms with Crippen molar-refractivity contribution in [3.63, 3.8) is 0 Å². The Morgan fingerprint density at radius 1 is 1.32 bits per heavy atom. The molecule has 1 aliphatic heterocycles. The predicted molar refractivity (Wildman–Crippen MR) is 74.9 cm³/mol. The highest BCUT2D eigenvalue weighted by Gasteiger charge is 2.36. The Labute approximate surface area is 127 Å². The van der Waals surface area contributed by atoms with Crippen LogP contribution in [0.5, 0.6) is 0 Å². The van der Waals surface area contributed by atoms with Gasteiger partial charge in [-0.2, -0.15) is 8.78 Å². The van der Waals surface area contributed by atoms with E-state index in [0.29, 0.717) is 18.7 Å². The van der Waals surface area contributed by atoms with Gasteiger partial charge in [-0.05, 0) is 31.5 Å². The zero-order chi connectivity index (χ0) is 16.3. The Morgan fingerprint density at radius 2 is 1.95 bits per heavy atom. The number of esters is 1. The highest BCUT2D eigenvalue weighted by Crippen LogP contribution is 2.27. The number of alkyl halides is 2. The number of carbonyl (C=O) groups excluding carboxylic acids is 1. The molecule has 1 unspecified atom stereocenters. The van der Waals surface area contributed by atoms with Crippen LogP contribution in [-0.2, 0) is 9.53 Å². The zero-order valence-corrected chi connectivity index (χ0v) is 12.4. The van der Waals surface area contributed by atoms with Crippen LogP contribution in [0.25, 0.3) is 0 Å². The van der Waals surface area contributed by atoms with Crippen LogP contribution in [-0.4, -0.2) is 42.7 Å². The van der Waals surface area contributed by atoms with E-state index in [4.69, 9.17) is 0 Å². The summed E-state index contributed by atoms with van der Waals surface area (Å²) >= 11 is 0. The third kappa shape index (κ3) is 3.98. The first-order valence-corrected chi connectivity index (χ1v) is 7.11. The van der Waals surface area contributed by atoms with Crippen molar-refractivity contribution in [2.45, 2.75) is 38.6 Å². The standard InChI is InChI=1S/C15H19F3N2O2/c1-9-8-20(10(2)7-19-9)13(14(21)22-15(17)18)11-3-5-12(16)6-4-11/h3-6,9-10,13,15,19H,7-8H2,1-2H3/t9-,10+,13?/m0/s1. The Morgan fingerprint density at radius 3 is 2.55 bits per heavy atom. The summed E-state index contributed by atoms with van der Waals surface area (Å²) in [5.41, 5.74) is 0.438. The quantitative estimate of drug-likeness (QED) is 0.866. The van der Waals surface area contributed by atoms with Crippen LogP contribution >= 0.6 is 0 Å². The van der Waals surface area contributed by atoms with Gasteiger partial charge in [0.25, 0.3) is 0 Å². The van der Waals surface area contributed by atoms with Crippen molar-refractivity contribution in [3.8, 4) is 0 Å². The number of hydrogen-bond donors (Lipinski definition) is 1. The van der Waals surface area contributed by atoms with Crippen molar-refractivity contribution in [1.82, 2.24) is 10.2 Å². The minimum absolute atomic E-state index is 0.0449. The smallest absolute Gasteiger partial charge is 0.389 e. The van der Waals surface area contributed by atoms with E-state index >= 15 is 0 Å². The summed E-state index contributed by atoms with van der Waals surface area (Å²) in [5.74, 6) is -1.48. The molecule has 1 fully saturated rings. The molecule has 1 heterocycles. The summed E-state index contributed by atoms with van der Waals surface area (Å²) in [6.45, 7) is 1.79. The molecule has 0 aromatic heterocycles. The molecule has 0 saturated carbocycles. The van der Waals surface area contributed by atoms with Gasteiger partial charge in [-0.15, -0.1) is 0 Å². The van der Waals surface area contributed by atoms with Gasteiger partial charge in [-0.3, -0.25) is 4.90 Å². The van der Waals surface area contributed by atoms with Gasteiger partial charge in [0.2, 0.25) is 0 Å². The fourth-order valence-corrected chi connectivity index (χ4v) is 2.67. The van der Waals surface area contributed by atoms with Crippen molar-refractivity contribution >= 4 is 5.97 Å². The van der Waals surface area contributed by atoms with Crippen LogP contribution < -0.4 is 5.32 Å². The summed E-state index contributed by atoms with van der Waals surface area (Å²) in [5, 5.41) is 3.25. The number of carbonyl (C=O) groups is 1. The maximum Gasteiger partial charge on any atom is 0.389 e. The van der Waals surface area contributed by atoms with Gasteiger partial charge in [-0.25, -0.2) is 9.18 Å². The molecule has 1 aromatic rings. The third-order valence-corrected chi connectivity index (χ3v) is 3.76. The van der Waals surface area contributed by atoms with Crippen molar-refractivity contribution in [3.05, 3.63) is 35.6 Å². The second-order valence-electron chi connectivity index (χ2n) is 5.51. The molecule has 0 amide bonds. The molecule has 0 spiro atoms. The van der Waals surface area contributed by atoms with Crippen LogP contribution in [0.15, 0.2) is 24.3 Å². The van der Waals surface area contributed by atoms with Crippen molar-refractivity contribution in [2.75, 3.05) is 13.1 Å². The zero-order valence-electron chi connectivity index (χ0n) is 12.4. The fourth-order valence-electron chi connectivity index (χ4n) is 2.67. The maximum atomic E-state index is 13.1. The molecule has 1 saturated heterocycles. The molecular weight excluding hydrogens is 297 g/mol. The molecule has 0 aliphatic carbocycles. The number of halogens is 3. The number of piperazine rings is 1. The summed E-state index contributed by atoms with van der Waals surface area (Å²) in [6.07, 6.45) is 0. The minimum atomic E-state index is -3.17. The van der Waals surface area contributed by atoms with Gasteiger partial charge in [-0.1, -0.05) is 12.1 Å². The first-order chi connectivity index (χ1) is 10.4. The van der Waals surface area contributed by atoms with Gasteiger partial charge in [0, 0.05) is 25.2 Å². The van der Waals surface area contributed by atoms with E-state index in [-0.39, 0.29) is 12.1 Å². The van der Waals surface area contributed by atoms with Gasteiger partial charge in [0.05, 0.1) is 0 Å². The number of nitrogens with one attached hydrogen (secondary N) is 1. The number of ether oxygens (including phenoxy) is 1. The summed E-state index contributed by atoms with van der Waals surface area (Å²) in [7, 11) is 0. The molecule has 2 rings (SSSR count). The van der Waals surface area contributed by atoms with Crippen LogP contribution in [0.2, 0.25) is 0 Å². The molecule has 0 bridgehead atoms. The van der Waals surface area contributed by atoms with E-state index in [2.05, 4.69) is 10.1 Å². The van der Waals surface area contributed by atoms with E-state index in [1.54, 1.807) is 4.90 Å². The molecule has 4 nitrogen and oxygen atoms in total. The largest absolute Gasteiger partial charge is 0.402 e. The fraction of sp³-hybridized carbons (Fsp3) is 0.533. The summed E-state index contributed by atoms with van der Waals surface area (Å²) in [4.78, 5) is 13.9. The topological polar surface area (TPSA) is 41.6 Å². The highest BCUT2D eigenvalue weighted by molar-refractivity contribution is 5.77. The molecule has 1 aliphatic rings. The Kier molecular flexibility index (Phi) is 5.42. The van der Waals surface area contributed by atoms with Gasteiger partial charge >= 0.3 is 12.6 Å². The summed E-state index contributed by atoms with van der Waals surface area (Å²) < 4.78 is 42.1. The lowest BCUT2D eigenvalue weighted by molar-refractivity contribution is -0.184. The van der Waals surface area contributed by atoms with E-state index in [1.807, 2.05) is 13.8 Å². The molecule has 122 valence electrons. The number of nitrogens with zero attached hydrogens (tertiary/aromatic N) is 1. The van der Waals surface area contributed by atoms with E-state index < -0.39 is 24.4 Å². The van der Waals surface area contributed by atoms with Gasteiger partial charge in [0.1, 0.15) is 11.9 Å². The average Bonchev–Trinajstić information content (AvgIpc) is 2.44. The van der Waals surface area contributed by atoms with Crippen molar-refractivity contribution in [1.29, 1.82) is 0 Å². The Balaban J connectivity index is 2.31. The van der Waals surface area contributed by atoms with E-state index in [9.17, 15) is 18.0 Å². The normalized spacial score (nSPS) is 24.3. The monoisotopic (exact) mass is 316 g/mol. The lowest BCUT2D eigenvalue weighted by Crippen LogP contribution is -2.56. The van der Waals surface area contributed by atoms with Crippen molar-refractivity contribution in [2.24, 2.45) is 0 Å². The first kappa shape index (κ1) is 16.8. The molecule has 1 N–H and O–H groups in total. The molecule has 7 heteroatoms. The van der Waals surface area contributed by atoms with Crippen LogP contribution in [0.1, 0.15) is 25.5 Å². The third-order valence-electron chi connectivity index (χ3n) is 3.76. The summed E-state index contributed by atoms with van der Waals surface area (Å²) in [6, 6.07) is 4.34. The molecule has 22 heavy (non-hydrogen) atoms. The van der Waals surface area contributed by atoms with Crippen LogP contribution in [0, 0.1) is 5.82 Å². The van der Waals surface area contributed by atoms with Crippen LogP contribution in [0.3, 0.4) is 0 Å². The van der Waals surface area contributed by atoms with Gasteiger partial charge < -0.3 is 10.1 Å². The Bertz CT molecular complexity index is 510. The second-order valence-corrected chi connectivity index (χ2v) is 5.51.